The molecule has 2 aromatic rings. The number of cyclic esters (lactones) is 1. The molecule has 4 fully saturated rings. The van der Waals surface area contributed by atoms with Gasteiger partial charge in [0, 0.05) is 0 Å². The summed E-state index contributed by atoms with van der Waals surface area (Å²) >= 11 is 0. The van der Waals surface area contributed by atoms with Crippen molar-refractivity contribution < 1.29 is 23.7 Å². The van der Waals surface area contributed by atoms with Crippen molar-refractivity contribution in [3.05, 3.63) is 71.8 Å². The van der Waals surface area contributed by atoms with E-state index in [1.165, 1.54) is 11.1 Å². The summed E-state index contributed by atoms with van der Waals surface area (Å²) in [6, 6.07) is 20.6. The second-order valence-corrected chi connectivity index (χ2v) is 14.5. The van der Waals surface area contributed by atoms with Crippen molar-refractivity contribution in [2.24, 2.45) is 5.41 Å². The van der Waals surface area contributed by atoms with E-state index in [9.17, 15) is 9.90 Å². The van der Waals surface area contributed by atoms with E-state index in [1.807, 2.05) is 50.2 Å². The van der Waals surface area contributed by atoms with Gasteiger partial charge in [-0.05, 0) is 0 Å². The maximum absolute atomic E-state index is 13.5. The predicted octanol–water partition coefficient (Wildman–Crippen LogP) is 3.37. The van der Waals surface area contributed by atoms with Crippen LogP contribution in [-0.2, 0) is 31.4 Å². The number of ether oxygens (including phenoxy) is 1. The molecule has 4 aliphatic rings. The molecule has 6 rings (SSSR count). The molecule has 0 unspecified atom stereocenters. The zero-order valence-corrected chi connectivity index (χ0v) is 20.7. The van der Waals surface area contributed by atoms with Gasteiger partial charge in [0.15, 0.2) is 0 Å². The van der Waals surface area contributed by atoms with Crippen molar-refractivity contribution in [2.45, 2.75) is 44.1 Å². The summed E-state index contributed by atoms with van der Waals surface area (Å²) in [5, 5.41) is 10.6. The number of rotatable bonds is 5. The molecule has 34 heavy (non-hydrogen) atoms. The normalized spacial score (nSPS) is 34.8. The molecule has 8 heteroatoms. The van der Waals surface area contributed by atoms with Crippen LogP contribution in [0.1, 0.15) is 25.0 Å². The summed E-state index contributed by atoms with van der Waals surface area (Å²) in [7, 11) is -4.21. The van der Waals surface area contributed by atoms with Crippen LogP contribution < -0.4 is 0 Å². The van der Waals surface area contributed by atoms with E-state index in [0.29, 0.717) is 26.3 Å². The van der Waals surface area contributed by atoms with Crippen LogP contribution in [-0.4, -0.2) is 70.8 Å². The van der Waals surface area contributed by atoms with Crippen molar-refractivity contribution in [3.63, 3.8) is 0 Å². The Labute approximate surface area is 200 Å². The molecule has 1 spiro atoms. The third kappa shape index (κ3) is 2.66. The Kier molecular flexibility index (Phi) is 5.03. The van der Waals surface area contributed by atoms with E-state index < -0.39 is 24.1 Å². The van der Waals surface area contributed by atoms with E-state index in [0.717, 1.165) is 12.8 Å². The summed E-state index contributed by atoms with van der Waals surface area (Å²) in [6.45, 7) is 6.12. The van der Waals surface area contributed by atoms with E-state index in [-0.39, 0.29) is 18.7 Å². The summed E-state index contributed by atoms with van der Waals surface area (Å²) in [5.41, 5.74) is 1.55. The Hall–Kier alpha value is -1.86. The van der Waals surface area contributed by atoms with Crippen molar-refractivity contribution in [1.82, 2.24) is 9.34 Å². The minimum atomic E-state index is -4.21. The minimum absolute atomic E-state index is 0.00812. The molecule has 0 aliphatic carbocycles. The van der Waals surface area contributed by atoms with Crippen LogP contribution in [0.4, 0.5) is 0 Å². The number of hydrogen-bond donors (Lipinski definition) is 1. The molecule has 2 aromatic carbocycles. The molecule has 7 nitrogen and oxygen atoms in total. The Morgan fingerprint density at radius 2 is 1.35 bits per heavy atom. The van der Waals surface area contributed by atoms with E-state index in [1.54, 1.807) is 0 Å². The molecular weight excluding hydrogens is 451 g/mol. The van der Waals surface area contributed by atoms with Gasteiger partial charge in [0.1, 0.15) is 0 Å². The van der Waals surface area contributed by atoms with Crippen LogP contribution >= 0.6 is 7.36 Å². The van der Waals surface area contributed by atoms with Crippen molar-refractivity contribution in [3.8, 4) is 0 Å². The van der Waals surface area contributed by atoms with Crippen LogP contribution in [0.15, 0.2) is 60.7 Å². The van der Waals surface area contributed by atoms with Crippen LogP contribution in [0.3, 0.4) is 0 Å². The topological polar surface area (TPSA) is 71.5 Å². The summed E-state index contributed by atoms with van der Waals surface area (Å²) < 4.78 is 23.7. The van der Waals surface area contributed by atoms with Crippen LogP contribution in [0.5, 0.6) is 0 Å². The Morgan fingerprint density at radius 1 is 0.882 bits per heavy atom. The Morgan fingerprint density at radius 3 is 1.76 bits per heavy atom. The number of esters is 1. The van der Waals surface area contributed by atoms with Gasteiger partial charge < -0.3 is 0 Å². The second kappa shape index (κ2) is 7.57. The van der Waals surface area contributed by atoms with Gasteiger partial charge in [-0.15, -0.1) is 0 Å². The molecule has 182 valence electrons. The van der Waals surface area contributed by atoms with Gasteiger partial charge in [-0.1, -0.05) is 0 Å². The van der Waals surface area contributed by atoms with Gasteiger partial charge in [0.25, 0.3) is 0 Å². The van der Waals surface area contributed by atoms with Crippen LogP contribution in [0.25, 0.3) is 0 Å². The molecule has 3 atom stereocenters. The first-order chi connectivity index (χ1) is 16.3. The van der Waals surface area contributed by atoms with Gasteiger partial charge in [0.2, 0.25) is 0 Å². The average molecular weight is 485 g/mol. The molecule has 1 N–H and O–H groups in total. The number of aliphatic hydroxyl groups is 1. The number of carbonyl (C=O) groups excluding carboxylic acids is 1. The van der Waals surface area contributed by atoms with Crippen molar-refractivity contribution in [1.29, 1.82) is 0 Å². The van der Waals surface area contributed by atoms with Crippen LogP contribution in [0, 0.1) is 5.41 Å². The van der Waals surface area contributed by atoms with Gasteiger partial charge >= 0.3 is 201 Å². The van der Waals surface area contributed by atoms with Gasteiger partial charge in [-0.25, -0.2) is 0 Å². The fourth-order valence-corrected chi connectivity index (χ4v) is 13.4. The molecule has 4 aliphatic heterocycles. The summed E-state index contributed by atoms with van der Waals surface area (Å²) in [5.74, 6) is -0.618. The molecule has 0 amide bonds. The molecule has 4 heterocycles. The van der Waals surface area contributed by atoms with Crippen molar-refractivity contribution >= 4 is 13.3 Å². The first-order valence-electron chi connectivity index (χ1n) is 12.2. The van der Waals surface area contributed by atoms with E-state index in [4.69, 9.17) is 13.8 Å². The van der Waals surface area contributed by atoms with Crippen LogP contribution in [0.2, 0.25) is 0 Å². The number of carbonyl (C=O) groups is 1. The molecule has 4 saturated heterocycles. The van der Waals surface area contributed by atoms with E-state index >= 15 is 0 Å². The van der Waals surface area contributed by atoms with Gasteiger partial charge in [0.05, 0.1) is 0 Å². The molecular formula is C26H33N2O5P. The Bertz CT molecular complexity index is 1030. The molecule has 0 bridgehead atoms. The molecule has 0 aromatic heterocycles. The first-order valence-corrected chi connectivity index (χ1v) is 14.1. The summed E-state index contributed by atoms with van der Waals surface area (Å²) in [6.07, 6.45) is 1.54. The molecule has 0 saturated carbocycles. The van der Waals surface area contributed by atoms with Gasteiger partial charge in [-0.3, -0.25) is 0 Å². The SMILES string of the molecule is CC1(C)COC(=O)[C@@]1(O)P123OC[C@H](Cc4ccccc4)N1CCN2[C@@H](Cc1ccccc1)CO3. The monoisotopic (exact) mass is 484 g/mol. The average Bonchev–Trinajstić information content (AvgIpc) is 3.51. The number of hydrogen-bond acceptors (Lipinski definition) is 7. The third-order valence-corrected chi connectivity index (χ3v) is 14.3. The number of benzene rings is 2. The maximum atomic E-state index is 13.5. The molecule has 0 radical (unpaired) electrons. The second-order valence-electron chi connectivity index (χ2n) is 10.6. The fraction of sp³-hybridized carbons (Fsp3) is 0.500. The zero-order chi connectivity index (χ0) is 23.6. The zero-order valence-electron chi connectivity index (χ0n) is 19.8. The fourth-order valence-electron chi connectivity index (χ4n) is 6.65. The first kappa shape index (κ1) is 22.6. The van der Waals surface area contributed by atoms with Gasteiger partial charge in [-0.2, -0.15) is 0 Å². The summed E-state index contributed by atoms with van der Waals surface area (Å²) in [4.78, 5) is 13.5. The predicted molar refractivity (Wildman–Crippen MR) is 130 cm³/mol. The number of nitrogens with zero attached hydrogens (tertiary/aromatic N) is 2. The third-order valence-electron chi connectivity index (χ3n) is 8.28. The van der Waals surface area contributed by atoms with Crippen molar-refractivity contribution in [2.75, 3.05) is 32.9 Å². The Balaban J connectivity index is 1.46. The van der Waals surface area contributed by atoms with E-state index in [2.05, 4.69) is 33.6 Å². The standard InChI is InChI=1S/C26H33N2O5P/c1-25(2)19-31-24(29)26(25,30)34-27(22(17-32-34)15-20-9-5-3-6-10-20)13-14-28(34)23(18-33-34)16-21-11-7-4-8-12-21/h3-12,22-23,30H,13-19H2,1-2H3/t22-,23-,26+/m0/s1. The quantitative estimate of drug-likeness (QED) is 0.515.